The van der Waals surface area contributed by atoms with Crippen LogP contribution in [0.3, 0.4) is 0 Å². The van der Waals surface area contributed by atoms with E-state index in [-0.39, 0.29) is 93.9 Å². The van der Waals surface area contributed by atoms with Crippen molar-refractivity contribution in [1.82, 2.24) is 10.2 Å². The number of hydrogen-bond donors (Lipinski definition) is 3. The lowest BCUT2D eigenvalue weighted by atomic mass is 10.0. The number of carboxylic acids is 2. The second kappa shape index (κ2) is 26.7. The fourth-order valence-electron chi connectivity index (χ4n) is 8.03. The normalized spacial score (nSPS) is 13.0. The molecule has 3 amide bonds. The molecule has 2 aliphatic heterocycles. The van der Waals surface area contributed by atoms with Gasteiger partial charge in [0.2, 0.25) is 11.8 Å². The average molecular weight is 1100 g/mol. The maximum Gasteiger partial charge on any atom is 0.573 e. The average Bonchev–Trinajstić information content (AvgIpc) is 3.93. The van der Waals surface area contributed by atoms with E-state index >= 15 is 0 Å². The van der Waals surface area contributed by atoms with E-state index in [9.17, 15) is 50.3 Å². The Balaban J connectivity index is 0.000000330. The fraction of sp³-hybridized carbons (Fsp3) is 0.453. The van der Waals surface area contributed by atoms with Crippen LogP contribution in [0.4, 0.5) is 42.5 Å². The smallest absolute Gasteiger partial charge is 0.489 e. The zero-order valence-electron chi connectivity index (χ0n) is 43.1. The molecule has 4 aromatic rings. The summed E-state index contributed by atoms with van der Waals surface area (Å²) in [4.78, 5) is 64.0. The van der Waals surface area contributed by atoms with Gasteiger partial charge in [0.1, 0.15) is 48.4 Å². The SMILES string of the molecule is CC(C)c1ccc(COc2ccc3c(c2)CCN3C(=O)CN(CCC(=O)O)C(=O)OC(C)(C)C)cc1OC(F)(F)F.CC(C)c1ccc(COc2ccc3c(c2)CCN3C(=O)CNCCC(=O)O)cc1OC(F)(F)F.Cl. The number of anilines is 2. The molecule has 0 radical (unpaired) electrons. The summed E-state index contributed by atoms with van der Waals surface area (Å²) in [6.45, 7) is 12.8. The Labute approximate surface area is 442 Å². The molecule has 3 N–H and O–H groups in total. The predicted octanol–water partition coefficient (Wildman–Crippen LogP) is 10.6. The van der Waals surface area contributed by atoms with Crippen LogP contribution in [-0.4, -0.2) is 103 Å². The van der Waals surface area contributed by atoms with Crippen LogP contribution in [0.5, 0.6) is 23.0 Å². The molecule has 0 saturated heterocycles. The van der Waals surface area contributed by atoms with E-state index in [2.05, 4.69) is 14.8 Å². The first-order chi connectivity index (χ1) is 35.1. The number of carboxylic acid groups (broad SMARTS) is 2. The molecule has 0 spiro atoms. The van der Waals surface area contributed by atoms with Crippen LogP contribution in [0.25, 0.3) is 0 Å². The van der Waals surface area contributed by atoms with Crippen LogP contribution < -0.4 is 34.1 Å². The molecule has 416 valence electrons. The van der Waals surface area contributed by atoms with E-state index in [0.717, 1.165) is 21.7 Å². The van der Waals surface area contributed by atoms with Crippen LogP contribution in [0.15, 0.2) is 72.8 Å². The number of carbonyl (C=O) groups excluding carboxylic acids is 3. The summed E-state index contributed by atoms with van der Waals surface area (Å²) in [7, 11) is 0. The molecule has 16 nitrogen and oxygen atoms in total. The lowest BCUT2D eigenvalue weighted by Gasteiger charge is -2.28. The van der Waals surface area contributed by atoms with E-state index in [1.165, 1.54) is 17.0 Å². The Hall–Kier alpha value is -6.94. The van der Waals surface area contributed by atoms with Crippen molar-refractivity contribution in [3.8, 4) is 23.0 Å². The minimum atomic E-state index is -4.81. The first kappa shape index (κ1) is 61.6. The van der Waals surface area contributed by atoms with Crippen LogP contribution in [0.1, 0.15) is 107 Å². The van der Waals surface area contributed by atoms with Gasteiger partial charge in [0.05, 0.1) is 19.4 Å². The first-order valence-electron chi connectivity index (χ1n) is 24.1. The van der Waals surface area contributed by atoms with E-state index in [1.54, 1.807) is 108 Å². The highest BCUT2D eigenvalue weighted by Gasteiger charge is 2.35. The van der Waals surface area contributed by atoms with Gasteiger partial charge < -0.3 is 49.0 Å². The van der Waals surface area contributed by atoms with Crippen molar-refractivity contribution in [2.75, 3.05) is 49.1 Å². The van der Waals surface area contributed by atoms with Gasteiger partial charge in [-0.05, 0) is 127 Å². The summed E-state index contributed by atoms with van der Waals surface area (Å²) in [5.74, 6) is -2.37. The van der Waals surface area contributed by atoms with E-state index in [0.29, 0.717) is 65.4 Å². The zero-order chi connectivity index (χ0) is 55.4. The Morgan fingerprint density at radius 3 is 1.50 bits per heavy atom. The summed E-state index contributed by atoms with van der Waals surface area (Å²) in [6, 6.07) is 19.7. The number of nitrogens with one attached hydrogen (secondary N) is 1. The van der Waals surface area contributed by atoms with Crippen molar-refractivity contribution in [2.45, 2.75) is 118 Å². The van der Waals surface area contributed by atoms with Crippen LogP contribution in [-0.2, 0) is 50.0 Å². The number of halogens is 7. The number of rotatable bonds is 20. The third-order valence-electron chi connectivity index (χ3n) is 11.5. The zero-order valence-corrected chi connectivity index (χ0v) is 43.9. The maximum atomic E-state index is 13.1. The van der Waals surface area contributed by atoms with Crippen molar-refractivity contribution in [2.24, 2.45) is 0 Å². The van der Waals surface area contributed by atoms with Crippen LogP contribution in [0, 0.1) is 0 Å². The Kier molecular flexibility index (Phi) is 21.6. The topological polar surface area (TPSA) is 194 Å². The number of fused-ring (bicyclic) bond motifs is 2. The number of amides is 3. The number of hydrogen-bond acceptors (Lipinski definition) is 11. The second-order valence-electron chi connectivity index (χ2n) is 19.3. The molecule has 4 aromatic carbocycles. The van der Waals surface area contributed by atoms with Crippen molar-refractivity contribution >= 4 is 53.6 Å². The third kappa shape index (κ3) is 19.0. The quantitative estimate of drug-likeness (QED) is 0.0560. The minimum Gasteiger partial charge on any atom is -0.489 e. The van der Waals surface area contributed by atoms with Gasteiger partial charge in [0, 0.05) is 37.6 Å². The van der Waals surface area contributed by atoms with E-state index in [1.807, 2.05) is 6.07 Å². The highest BCUT2D eigenvalue weighted by atomic mass is 35.5. The van der Waals surface area contributed by atoms with Gasteiger partial charge in [0.25, 0.3) is 0 Å². The molecule has 0 aliphatic carbocycles. The molecule has 6 rings (SSSR count). The van der Waals surface area contributed by atoms with Crippen LogP contribution in [0.2, 0.25) is 0 Å². The molecular weight excluding hydrogens is 1030 g/mol. The van der Waals surface area contributed by atoms with E-state index < -0.39 is 42.3 Å². The largest absolute Gasteiger partial charge is 0.573 e. The molecule has 2 aliphatic rings. The maximum absolute atomic E-state index is 13.1. The van der Waals surface area contributed by atoms with Crippen LogP contribution >= 0.6 is 12.4 Å². The molecule has 0 atom stereocenters. The summed E-state index contributed by atoms with van der Waals surface area (Å²) in [6.07, 6.45) is -9.61. The lowest BCUT2D eigenvalue weighted by Crippen LogP contribution is -2.45. The summed E-state index contributed by atoms with van der Waals surface area (Å²) >= 11 is 0. The molecule has 0 unspecified atom stereocenters. The monoisotopic (exact) mass is 1100 g/mol. The van der Waals surface area contributed by atoms with Gasteiger partial charge in [-0.1, -0.05) is 52.0 Å². The third-order valence-corrected chi connectivity index (χ3v) is 11.5. The van der Waals surface area contributed by atoms with Gasteiger partial charge in [-0.3, -0.25) is 24.1 Å². The molecule has 76 heavy (non-hydrogen) atoms. The predicted molar refractivity (Wildman–Crippen MR) is 271 cm³/mol. The fourth-order valence-corrected chi connectivity index (χ4v) is 8.03. The van der Waals surface area contributed by atoms with Crippen molar-refractivity contribution < 1.29 is 84.2 Å². The number of benzene rings is 4. The molecule has 0 fully saturated rings. The number of alkyl halides is 6. The molecule has 2 heterocycles. The second-order valence-corrected chi connectivity index (χ2v) is 19.3. The molecular formula is C53H63ClF6N4O12. The van der Waals surface area contributed by atoms with Crippen molar-refractivity contribution in [3.63, 3.8) is 0 Å². The van der Waals surface area contributed by atoms with E-state index in [4.69, 9.17) is 24.4 Å². The number of carbonyl (C=O) groups is 5. The Morgan fingerprint density at radius 1 is 0.645 bits per heavy atom. The highest BCUT2D eigenvalue weighted by Crippen LogP contribution is 2.37. The van der Waals surface area contributed by atoms with Crippen molar-refractivity contribution in [3.05, 3.63) is 106 Å². The Bertz CT molecular complexity index is 2680. The summed E-state index contributed by atoms with van der Waals surface area (Å²) in [5, 5.41) is 20.5. The highest BCUT2D eigenvalue weighted by molar-refractivity contribution is 5.98. The van der Waals surface area contributed by atoms with Gasteiger partial charge >= 0.3 is 30.8 Å². The number of nitrogens with zero attached hydrogens (tertiary/aromatic N) is 3. The van der Waals surface area contributed by atoms with Gasteiger partial charge in [0.15, 0.2) is 0 Å². The standard InChI is InChI=1S/C29H35F3N2O7.C24H27F3N2O5.ClH/c1-18(2)22-8-6-19(14-24(22)40-29(30,31)32)17-39-21-7-9-23-20(15-21)10-13-34(23)25(35)16-33(12-11-26(36)37)27(38)41-28(3,4)5;1-15(2)19-5-3-16(11-21(19)34-24(25,26)27)14-33-18-4-6-20-17(12-18)8-10-29(20)22(30)13-28-9-7-23(31)32;/h6-9,14-15,18H,10-13,16-17H2,1-5H3,(H,36,37);3-6,11-12,15,28H,7-10,13-14H2,1-2H3,(H,31,32);1H. The summed E-state index contributed by atoms with van der Waals surface area (Å²) in [5.41, 5.74) is 4.24. The molecule has 23 heteroatoms. The van der Waals surface area contributed by atoms with Gasteiger partial charge in [-0.25, -0.2) is 4.79 Å². The number of ether oxygens (including phenoxy) is 5. The summed E-state index contributed by atoms with van der Waals surface area (Å²) < 4.78 is 102. The minimum absolute atomic E-state index is 0. The first-order valence-corrected chi connectivity index (χ1v) is 24.1. The van der Waals surface area contributed by atoms with Gasteiger partial charge in [-0.15, -0.1) is 38.7 Å². The molecule has 0 saturated carbocycles. The molecule has 0 aromatic heterocycles. The van der Waals surface area contributed by atoms with Gasteiger partial charge in [-0.2, -0.15) is 0 Å². The number of aliphatic carboxylic acids is 2. The lowest BCUT2D eigenvalue weighted by molar-refractivity contribution is -0.276. The van der Waals surface area contributed by atoms with Crippen molar-refractivity contribution in [1.29, 1.82) is 0 Å². The molecule has 0 bridgehead atoms. The Morgan fingerprint density at radius 2 is 1.09 bits per heavy atom.